The smallest absolute Gasteiger partial charge is 0.238 e. The molecular weight excluding hydrogens is 272 g/mol. The van der Waals surface area contributed by atoms with E-state index in [4.69, 9.17) is 10.2 Å². The lowest BCUT2D eigenvalue weighted by molar-refractivity contribution is -0.125. The summed E-state index contributed by atoms with van der Waals surface area (Å²) in [4.78, 5) is 13.1. The number of nitrogens with one attached hydrogen (secondary N) is 1. The van der Waals surface area contributed by atoms with Crippen LogP contribution in [0.25, 0.3) is 0 Å². The molecule has 2 unspecified atom stereocenters. The Morgan fingerprint density at radius 3 is 3.05 bits per heavy atom. The first kappa shape index (κ1) is 15.4. The van der Waals surface area contributed by atoms with E-state index < -0.39 is 5.54 Å². The predicted octanol–water partition coefficient (Wildman–Crippen LogP) is 2.70. The van der Waals surface area contributed by atoms with Crippen LogP contribution in [0.15, 0.2) is 21.6 Å². The lowest BCUT2D eigenvalue weighted by Gasteiger charge is -2.33. The highest BCUT2D eigenvalue weighted by Gasteiger charge is 2.46. The zero-order valence-corrected chi connectivity index (χ0v) is 13.1. The number of rotatable bonds is 7. The van der Waals surface area contributed by atoms with Crippen molar-refractivity contribution in [3.8, 4) is 0 Å². The topological polar surface area (TPSA) is 68.3 Å². The van der Waals surface area contributed by atoms with Crippen molar-refractivity contribution < 1.29 is 9.21 Å². The SMILES string of the molecule is CCNC1(C(N)=O)CCCC1CCSc1ccoc1C. The number of thioether (sulfide) groups is 1. The molecule has 1 aliphatic carbocycles. The van der Waals surface area contributed by atoms with E-state index in [0.717, 1.165) is 43.7 Å². The minimum absolute atomic E-state index is 0.189. The molecule has 4 nitrogen and oxygen atoms in total. The van der Waals surface area contributed by atoms with Crippen LogP contribution in [0.1, 0.15) is 38.4 Å². The molecule has 0 aromatic carbocycles. The van der Waals surface area contributed by atoms with E-state index >= 15 is 0 Å². The molecule has 20 heavy (non-hydrogen) atoms. The molecule has 2 rings (SSSR count). The summed E-state index contributed by atoms with van der Waals surface area (Å²) in [5.74, 6) is 2.12. The van der Waals surface area contributed by atoms with Crippen molar-refractivity contribution in [1.82, 2.24) is 5.32 Å². The molecule has 0 saturated heterocycles. The minimum atomic E-state index is -0.485. The molecule has 1 fully saturated rings. The fourth-order valence-electron chi connectivity index (χ4n) is 3.26. The van der Waals surface area contributed by atoms with Crippen LogP contribution < -0.4 is 11.1 Å². The number of likely N-dealkylation sites (N-methyl/N-ethyl adjacent to an activating group) is 1. The van der Waals surface area contributed by atoms with Gasteiger partial charge >= 0.3 is 0 Å². The molecule has 0 bridgehead atoms. The van der Waals surface area contributed by atoms with Gasteiger partial charge in [-0.3, -0.25) is 4.79 Å². The second-order valence-corrected chi connectivity index (χ2v) is 6.57. The fourth-order valence-corrected chi connectivity index (χ4v) is 4.29. The number of aryl methyl sites for hydroxylation is 1. The molecule has 1 aliphatic rings. The molecule has 1 heterocycles. The number of hydrogen-bond donors (Lipinski definition) is 2. The predicted molar refractivity (Wildman–Crippen MR) is 81.7 cm³/mol. The summed E-state index contributed by atoms with van der Waals surface area (Å²) in [5.41, 5.74) is 5.19. The molecule has 0 aliphatic heterocycles. The van der Waals surface area contributed by atoms with Crippen molar-refractivity contribution in [1.29, 1.82) is 0 Å². The molecule has 1 aromatic rings. The Morgan fingerprint density at radius 2 is 2.45 bits per heavy atom. The number of furan rings is 1. The number of amides is 1. The first-order valence-electron chi connectivity index (χ1n) is 7.32. The second-order valence-electron chi connectivity index (χ2n) is 5.43. The van der Waals surface area contributed by atoms with Gasteiger partial charge in [-0.05, 0) is 50.5 Å². The van der Waals surface area contributed by atoms with Crippen molar-refractivity contribution >= 4 is 17.7 Å². The first-order chi connectivity index (χ1) is 9.60. The summed E-state index contributed by atoms with van der Waals surface area (Å²) in [7, 11) is 0. The van der Waals surface area contributed by atoms with Gasteiger partial charge in [-0.2, -0.15) is 0 Å². The maximum atomic E-state index is 11.9. The molecule has 1 saturated carbocycles. The summed E-state index contributed by atoms with van der Waals surface area (Å²) in [6.45, 7) is 4.79. The fraction of sp³-hybridized carbons (Fsp3) is 0.667. The van der Waals surface area contributed by atoms with Crippen LogP contribution >= 0.6 is 11.8 Å². The Labute approximate surface area is 124 Å². The van der Waals surface area contributed by atoms with Crippen LogP contribution in [-0.4, -0.2) is 23.7 Å². The lowest BCUT2D eigenvalue weighted by Crippen LogP contribution is -2.57. The van der Waals surface area contributed by atoms with Gasteiger partial charge in [0.2, 0.25) is 5.91 Å². The molecule has 1 amide bonds. The molecular formula is C15H24N2O2S. The highest BCUT2D eigenvalue weighted by atomic mass is 32.2. The molecule has 0 spiro atoms. The highest BCUT2D eigenvalue weighted by Crippen LogP contribution is 2.39. The van der Waals surface area contributed by atoms with E-state index in [1.807, 2.05) is 19.9 Å². The van der Waals surface area contributed by atoms with Gasteiger partial charge in [0.15, 0.2) is 0 Å². The summed E-state index contributed by atoms with van der Waals surface area (Å²) in [6, 6.07) is 2.00. The number of carbonyl (C=O) groups excluding carboxylic acids is 1. The van der Waals surface area contributed by atoms with E-state index in [0.29, 0.717) is 5.92 Å². The van der Waals surface area contributed by atoms with Crippen LogP contribution in [0, 0.1) is 12.8 Å². The van der Waals surface area contributed by atoms with Crippen molar-refractivity contribution in [3.05, 3.63) is 18.1 Å². The standard InChI is InChI=1S/C15H24N2O2S/c1-3-17-15(14(16)18)8-4-5-12(15)7-10-20-13-6-9-19-11(13)2/h6,9,12,17H,3-5,7-8,10H2,1-2H3,(H2,16,18). The maximum Gasteiger partial charge on any atom is 0.238 e. The van der Waals surface area contributed by atoms with E-state index in [-0.39, 0.29) is 5.91 Å². The molecule has 3 N–H and O–H groups in total. The third kappa shape index (κ3) is 3.04. The van der Waals surface area contributed by atoms with E-state index in [1.54, 1.807) is 18.0 Å². The third-order valence-electron chi connectivity index (χ3n) is 4.29. The summed E-state index contributed by atoms with van der Waals surface area (Å²) in [5, 5.41) is 3.36. The van der Waals surface area contributed by atoms with Crippen molar-refractivity contribution in [3.63, 3.8) is 0 Å². The minimum Gasteiger partial charge on any atom is -0.468 e. The number of primary amides is 1. The van der Waals surface area contributed by atoms with E-state index in [9.17, 15) is 4.79 Å². The van der Waals surface area contributed by atoms with Gasteiger partial charge in [-0.1, -0.05) is 13.3 Å². The average molecular weight is 296 g/mol. The summed E-state index contributed by atoms with van der Waals surface area (Å²) < 4.78 is 5.30. The average Bonchev–Trinajstić information content (AvgIpc) is 2.99. The molecule has 1 aromatic heterocycles. The van der Waals surface area contributed by atoms with Gasteiger partial charge in [0.05, 0.1) is 6.26 Å². The molecule has 0 radical (unpaired) electrons. The Kier molecular flexibility index (Phi) is 5.16. The van der Waals surface area contributed by atoms with Crippen LogP contribution in [0.5, 0.6) is 0 Å². The maximum absolute atomic E-state index is 11.9. The van der Waals surface area contributed by atoms with Gasteiger partial charge in [-0.15, -0.1) is 11.8 Å². The number of hydrogen-bond acceptors (Lipinski definition) is 4. The Hall–Kier alpha value is -0.940. The van der Waals surface area contributed by atoms with Gasteiger partial charge in [0.1, 0.15) is 11.3 Å². The zero-order valence-electron chi connectivity index (χ0n) is 12.3. The van der Waals surface area contributed by atoms with Crippen LogP contribution in [0.2, 0.25) is 0 Å². The Balaban J connectivity index is 1.94. The quantitative estimate of drug-likeness (QED) is 0.759. The van der Waals surface area contributed by atoms with Gasteiger partial charge in [-0.25, -0.2) is 0 Å². The summed E-state index contributed by atoms with van der Waals surface area (Å²) in [6.07, 6.45) is 5.76. The van der Waals surface area contributed by atoms with Crippen molar-refractivity contribution in [2.24, 2.45) is 11.7 Å². The van der Waals surface area contributed by atoms with Gasteiger partial charge in [0, 0.05) is 4.90 Å². The monoisotopic (exact) mass is 296 g/mol. The van der Waals surface area contributed by atoms with Crippen LogP contribution in [-0.2, 0) is 4.79 Å². The third-order valence-corrected chi connectivity index (χ3v) is 5.46. The zero-order chi connectivity index (χ0) is 14.6. The Bertz CT molecular complexity index is 460. The second kappa shape index (κ2) is 6.68. The van der Waals surface area contributed by atoms with Gasteiger partial charge in [0.25, 0.3) is 0 Å². The number of carbonyl (C=O) groups is 1. The van der Waals surface area contributed by atoms with Crippen LogP contribution in [0.4, 0.5) is 0 Å². The van der Waals surface area contributed by atoms with E-state index in [2.05, 4.69) is 5.32 Å². The molecule has 5 heteroatoms. The van der Waals surface area contributed by atoms with Crippen molar-refractivity contribution in [2.75, 3.05) is 12.3 Å². The molecule has 112 valence electrons. The number of nitrogens with two attached hydrogens (primary N) is 1. The normalized spacial score (nSPS) is 26.0. The van der Waals surface area contributed by atoms with E-state index in [1.165, 1.54) is 4.90 Å². The highest BCUT2D eigenvalue weighted by molar-refractivity contribution is 7.99. The molecule has 2 atom stereocenters. The van der Waals surface area contributed by atoms with Gasteiger partial charge < -0.3 is 15.5 Å². The summed E-state index contributed by atoms with van der Waals surface area (Å²) >= 11 is 1.80. The lowest BCUT2D eigenvalue weighted by atomic mass is 9.84. The first-order valence-corrected chi connectivity index (χ1v) is 8.30. The largest absolute Gasteiger partial charge is 0.468 e. The Morgan fingerprint density at radius 1 is 1.65 bits per heavy atom. The van der Waals surface area contributed by atoms with Crippen LogP contribution in [0.3, 0.4) is 0 Å². The van der Waals surface area contributed by atoms with Crippen molar-refractivity contribution in [2.45, 2.75) is 50.0 Å².